The lowest BCUT2D eigenvalue weighted by Crippen LogP contribution is -2.08. The predicted octanol–water partition coefficient (Wildman–Crippen LogP) is 10.2. The number of hydrogen-bond donors (Lipinski definition) is 0. The smallest absolute Gasteiger partial charge is 0.341 e. The van der Waals surface area contributed by atoms with Crippen molar-refractivity contribution in [2.24, 2.45) is 0 Å². The van der Waals surface area contributed by atoms with Gasteiger partial charge in [0.2, 0.25) is 0 Å². The largest absolute Gasteiger partial charge is 0.496 e. The van der Waals surface area contributed by atoms with Crippen LogP contribution >= 0.6 is 31.9 Å². The quantitative estimate of drug-likeness (QED) is 0.0460. The van der Waals surface area contributed by atoms with Crippen LogP contribution < -0.4 is 18.9 Å². The summed E-state index contributed by atoms with van der Waals surface area (Å²) in [6, 6.07) is 14.1. The molecule has 0 amide bonds. The van der Waals surface area contributed by atoms with Crippen molar-refractivity contribution in [1.29, 1.82) is 0 Å². The first-order valence-electron chi connectivity index (χ1n) is 21.4. The Hall–Kier alpha value is -6.66. The third kappa shape index (κ3) is 14.7. The fourth-order valence-corrected chi connectivity index (χ4v) is 8.60. The number of aryl methyl sites for hydroxylation is 2. The third-order valence-electron chi connectivity index (χ3n) is 10.6. The Morgan fingerprint density at radius 2 is 0.671 bits per heavy atom. The van der Waals surface area contributed by atoms with E-state index in [0.717, 1.165) is 27.8 Å². The molecule has 0 bridgehead atoms. The van der Waals surface area contributed by atoms with Gasteiger partial charge in [0.1, 0.15) is 45.3 Å². The van der Waals surface area contributed by atoms with Crippen LogP contribution in [0.1, 0.15) is 113 Å². The molecular weight excluding hydrogens is 1040 g/mol. The Morgan fingerprint density at radius 1 is 0.400 bits per heavy atom. The highest BCUT2D eigenvalue weighted by Gasteiger charge is 2.24. The molecule has 18 heteroatoms. The lowest BCUT2D eigenvalue weighted by molar-refractivity contribution is -0.141. The number of esters is 6. The fraction of sp³-hybridized carbons (Fsp3) is 0.346. The van der Waals surface area contributed by atoms with Crippen molar-refractivity contribution >= 4 is 78.8 Å². The van der Waals surface area contributed by atoms with Gasteiger partial charge in [-0.3, -0.25) is 9.59 Å². The van der Waals surface area contributed by atoms with Crippen LogP contribution in [0, 0.1) is 13.8 Å². The van der Waals surface area contributed by atoms with Gasteiger partial charge in [0, 0.05) is 12.8 Å². The first-order chi connectivity index (χ1) is 33.4. The molecule has 4 aromatic carbocycles. The Morgan fingerprint density at radius 3 is 0.929 bits per heavy atom. The number of ether oxygens (including phenoxy) is 10. The number of hydrogen-bond acceptors (Lipinski definition) is 16. The number of methoxy groups -OCH3 is 10. The van der Waals surface area contributed by atoms with E-state index in [1.165, 1.54) is 71.1 Å². The first-order valence-corrected chi connectivity index (χ1v) is 23.0. The summed E-state index contributed by atoms with van der Waals surface area (Å²) in [5.74, 6) is -1.29. The number of halogens is 2. The molecule has 0 heterocycles. The van der Waals surface area contributed by atoms with E-state index in [4.69, 9.17) is 47.4 Å². The van der Waals surface area contributed by atoms with E-state index < -0.39 is 23.9 Å². The highest BCUT2D eigenvalue weighted by atomic mass is 79.9. The number of allylic oxidation sites excluding steroid dienone is 2. The average molecular weight is 1100 g/mol. The SMILES string of the molecule is COC(=O)CCCC=C(c1cc(Br)c(OC)c(C(=O)OC)c1)c1cc(Br)c(OC)c(C(=O)OC)c1.COC(=O)CCCC=C(c1cc(C)c(OC)c(C(=O)OC)c1)c1cc(C)c(OC)c(C(=O)OC)c1. The summed E-state index contributed by atoms with van der Waals surface area (Å²) in [7, 11) is 13.8. The van der Waals surface area contributed by atoms with Gasteiger partial charge in [-0.05, 0) is 164 Å². The summed E-state index contributed by atoms with van der Waals surface area (Å²) >= 11 is 6.94. The molecule has 0 saturated heterocycles. The molecular formula is C52H58Br2O16. The van der Waals surface area contributed by atoms with Crippen molar-refractivity contribution in [3.8, 4) is 23.0 Å². The van der Waals surface area contributed by atoms with Crippen LogP contribution in [0.25, 0.3) is 11.1 Å². The van der Waals surface area contributed by atoms with Crippen molar-refractivity contribution in [1.82, 2.24) is 0 Å². The summed E-state index contributed by atoms with van der Waals surface area (Å²) in [6.45, 7) is 3.67. The predicted molar refractivity (Wildman–Crippen MR) is 268 cm³/mol. The molecule has 4 rings (SSSR count). The van der Waals surface area contributed by atoms with Gasteiger partial charge in [-0.15, -0.1) is 0 Å². The molecule has 0 aliphatic heterocycles. The van der Waals surface area contributed by atoms with Gasteiger partial charge < -0.3 is 47.4 Å². The summed E-state index contributed by atoms with van der Waals surface area (Å²) < 4.78 is 52.0. The summed E-state index contributed by atoms with van der Waals surface area (Å²) in [6.07, 6.45) is 6.60. The second kappa shape index (κ2) is 28.1. The molecule has 0 aliphatic rings. The standard InChI is InChI=1S/C27H32O8.C25H26Br2O8/c1-16-12-18(14-21(24(16)32-4)26(29)34-6)20(10-8-9-11-23(28)31-3)19-13-17(2)25(33-5)22(15-19)27(30)35-7;1-31-21(28)9-7-6-8-16(14-10-17(24(29)34-4)22(32-2)19(26)12-14)15-11-18(25(30)35-5)23(33-3)20(27)13-15/h10,12-15H,8-9,11H2,1-7H3;8,10-13H,6-7,9H2,1-5H3. The molecule has 0 saturated carbocycles. The lowest BCUT2D eigenvalue weighted by Gasteiger charge is -2.18. The Balaban J connectivity index is 0.000000370. The molecule has 0 fully saturated rings. The maximum absolute atomic E-state index is 12.5. The number of carbonyl (C=O) groups excluding carboxylic acids is 6. The number of benzene rings is 4. The molecule has 0 atom stereocenters. The maximum atomic E-state index is 12.5. The maximum Gasteiger partial charge on any atom is 0.341 e. The molecule has 0 unspecified atom stereocenters. The molecule has 0 N–H and O–H groups in total. The van der Waals surface area contributed by atoms with Crippen molar-refractivity contribution in [2.45, 2.75) is 52.4 Å². The van der Waals surface area contributed by atoms with Crippen LogP contribution in [0.5, 0.6) is 23.0 Å². The minimum absolute atomic E-state index is 0.223. The van der Waals surface area contributed by atoms with Gasteiger partial charge in [-0.25, -0.2) is 19.2 Å². The van der Waals surface area contributed by atoms with Crippen LogP contribution in [-0.2, 0) is 38.0 Å². The first kappa shape index (κ1) is 57.7. The second-order valence-corrected chi connectivity index (χ2v) is 16.7. The summed E-state index contributed by atoms with van der Waals surface area (Å²) in [5, 5.41) is 0. The highest BCUT2D eigenvalue weighted by Crippen LogP contribution is 2.40. The zero-order chi connectivity index (χ0) is 52.2. The Kier molecular flexibility index (Phi) is 23.2. The topological polar surface area (TPSA) is 195 Å². The normalized spacial score (nSPS) is 10.3. The zero-order valence-corrected chi connectivity index (χ0v) is 44.5. The van der Waals surface area contributed by atoms with Crippen molar-refractivity contribution < 1.29 is 76.1 Å². The van der Waals surface area contributed by atoms with Crippen LogP contribution in [0.4, 0.5) is 0 Å². The van der Waals surface area contributed by atoms with Crippen LogP contribution in [-0.4, -0.2) is 107 Å². The molecule has 0 aliphatic carbocycles. The highest BCUT2D eigenvalue weighted by molar-refractivity contribution is 9.11. The van der Waals surface area contributed by atoms with Crippen molar-refractivity contribution in [3.63, 3.8) is 0 Å². The summed E-state index contributed by atoms with van der Waals surface area (Å²) in [5.41, 5.74) is 6.72. The van der Waals surface area contributed by atoms with Gasteiger partial charge in [-0.2, -0.15) is 0 Å². The molecule has 70 heavy (non-hydrogen) atoms. The lowest BCUT2D eigenvalue weighted by atomic mass is 9.90. The minimum atomic E-state index is -0.569. The van der Waals surface area contributed by atoms with E-state index in [1.54, 1.807) is 36.4 Å². The van der Waals surface area contributed by atoms with E-state index in [1.807, 2.05) is 38.1 Å². The van der Waals surface area contributed by atoms with Gasteiger partial charge in [0.15, 0.2) is 0 Å². The Labute approximate surface area is 424 Å². The molecule has 4 aromatic rings. The van der Waals surface area contributed by atoms with Gasteiger partial charge in [-0.1, -0.05) is 12.2 Å². The average Bonchev–Trinajstić information content (AvgIpc) is 3.36. The van der Waals surface area contributed by atoms with Crippen LogP contribution in [0.15, 0.2) is 69.6 Å². The van der Waals surface area contributed by atoms with Crippen LogP contribution in [0.2, 0.25) is 0 Å². The molecule has 0 radical (unpaired) electrons. The molecule has 0 aromatic heterocycles. The van der Waals surface area contributed by atoms with Gasteiger partial charge in [0.05, 0.1) is 80.0 Å². The van der Waals surface area contributed by atoms with Crippen LogP contribution in [0.3, 0.4) is 0 Å². The fourth-order valence-electron chi connectivity index (χ4n) is 7.35. The van der Waals surface area contributed by atoms with E-state index >= 15 is 0 Å². The van der Waals surface area contributed by atoms with E-state index in [2.05, 4.69) is 31.9 Å². The van der Waals surface area contributed by atoms with E-state index in [0.29, 0.717) is 74.3 Å². The monoisotopic (exact) mass is 1100 g/mol. The summed E-state index contributed by atoms with van der Waals surface area (Å²) in [4.78, 5) is 73.0. The van der Waals surface area contributed by atoms with Gasteiger partial charge in [0.25, 0.3) is 0 Å². The van der Waals surface area contributed by atoms with E-state index in [-0.39, 0.29) is 47.0 Å². The minimum Gasteiger partial charge on any atom is -0.496 e. The molecule has 0 spiro atoms. The van der Waals surface area contributed by atoms with E-state index in [9.17, 15) is 28.8 Å². The van der Waals surface area contributed by atoms with Crippen molar-refractivity contribution in [2.75, 3.05) is 71.1 Å². The number of rotatable bonds is 20. The second-order valence-electron chi connectivity index (χ2n) is 15.0. The number of carbonyl (C=O) groups is 6. The number of unbranched alkanes of at least 4 members (excludes halogenated alkanes) is 2. The molecule has 376 valence electrons. The third-order valence-corrected chi connectivity index (χ3v) is 11.8. The van der Waals surface area contributed by atoms with Gasteiger partial charge >= 0.3 is 35.8 Å². The zero-order valence-electron chi connectivity index (χ0n) is 41.3. The Bertz CT molecular complexity index is 2300. The van der Waals surface area contributed by atoms with Crippen molar-refractivity contribution in [3.05, 3.63) is 125 Å². The molecule has 16 nitrogen and oxygen atoms in total.